The molecule has 38 heavy (non-hydrogen) atoms. The first-order valence-electron chi connectivity index (χ1n) is 14.0. The summed E-state index contributed by atoms with van der Waals surface area (Å²) in [6, 6.07) is 16.6. The van der Waals surface area contributed by atoms with Crippen LogP contribution in [0.3, 0.4) is 0 Å². The van der Waals surface area contributed by atoms with Crippen molar-refractivity contribution in [3.63, 3.8) is 0 Å². The number of likely N-dealkylation sites (tertiary alicyclic amines) is 2. The zero-order chi connectivity index (χ0) is 26.7. The van der Waals surface area contributed by atoms with Gasteiger partial charge in [-0.2, -0.15) is 0 Å². The smallest absolute Gasteiger partial charge is 0.256 e. The normalized spacial score (nSPS) is 19.2. The Labute approximate surface area is 234 Å². The minimum absolute atomic E-state index is 0.119. The van der Waals surface area contributed by atoms with Gasteiger partial charge in [-0.25, -0.2) is 0 Å². The number of aryl methyl sites for hydroxylation is 1. The van der Waals surface area contributed by atoms with Crippen LogP contribution < -0.4 is 0 Å². The van der Waals surface area contributed by atoms with Crippen molar-refractivity contribution >= 4 is 38.5 Å². The fourth-order valence-electron chi connectivity index (χ4n) is 6.17. The number of carbonyl (C=O) groups excluding carboxylic acids is 1. The average molecular weight is 580 g/mol. The molecule has 7 heteroatoms. The molecule has 0 saturated carbocycles. The lowest BCUT2D eigenvalue weighted by Crippen LogP contribution is -2.56. The summed E-state index contributed by atoms with van der Waals surface area (Å²) in [7, 11) is 0. The number of oxime groups is 1. The van der Waals surface area contributed by atoms with Crippen LogP contribution >= 0.6 is 15.9 Å². The molecule has 0 bridgehead atoms. The number of nitrogens with zero attached hydrogens (tertiary/aromatic N) is 4. The van der Waals surface area contributed by atoms with Crippen molar-refractivity contribution in [1.29, 1.82) is 0 Å². The summed E-state index contributed by atoms with van der Waals surface area (Å²) in [5, 5.41) is 5.61. The Morgan fingerprint density at radius 3 is 2.37 bits per heavy atom. The first-order chi connectivity index (χ1) is 18.4. The van der Waals surface area contributed by atoms with Crippen molar-refractivity contribution in [3.8, 4) is 0 Å². The Hall–Kier alpha value is -2.64. The van der Waals surface area contributed by atoms with Crippen LogP contribution in [0.2, 0.25) is 0 Å². The van der Waals surface area contributed by atoms with Gasteiger partial charge in [0.1, 0.15) is 6.61 Å². The topological polar surface area (TPSA) is 50.1 Å². The number of hydrogen-bond acceptors (Lipinski definition) is 4. The highest BCUT2D eigenvalue weighted by atomic mass is 79.9. The minimum Gasteiger partial charge on any atom is -0.396 e. The molecule has 0 spiro atoms. The van der Waals surface area contributed by atoms with E-state index in [1.165, 1.54) is 0 Å². The largest absolute Gasteiger partial charge is 0.396 e. The van der Waals surface area contributed by atoms with Gasteiger partial charge in [-0.05, 0) is 83.3 Å². The molecule has 0 N–H and O–H groups in total. The molecule has 2 saturated heterocycles. The quantitative estimate of drug-likeness (QED) is 0.235. The Balaban J connectivity index is 1.22. The highest BCUT2D eigenvalue weighted by Crippen LogP contribution is 2.35. The van der Waals surface area contributed by atoms with Crippen molar-refractivity contribution in [2.75, 3.05) is 32.8 Å². The summed E-state index contributed by atoms with van der Waals surface area (Å²) < 4.78 is 3.25. The summed E-state index contributed by atoms with van der Waals surface area (Å²) in [6.07, 6.45) is 6.18. The number of halogens is 1. The van der Waals surface area contributed by atoms with Gasteiger partial charge in [-0.15, -0.1) is 0 Å². The Morgan fingerprint density at radius 1 is 1.03 bits per heavy atom. The molecule has 0 atom stereocenters. The monoisotopic (exact) mass is 578 g/mol. The molecular formula is C31H39BrN4O2. The number of hydrogen-bond donors (Lipinski definition) is 0. The lowest BCUT2D eigenvalue weighted by atomic mass is 9.82. The van der Waals surface area contributed by atoms with Crippen LogP contribution in [-0.4, -0.2) is 64.3 Å². The van der Waals surface area contributed by atoms with Crippen LogP contribution in [0.1, 0.15) is 62.4 Å². The van der Waals surface area contributed by atoms with E-state index in [1.807, 2.05) is 25.3 Å². The van der Waals surface area contributed by atoms with Gasteiger partial charge in [-0.3, -0.25) is 9.69 Å². The third-order valence-electron chi connectivity index (χ3n) is 8.56. The Bertz CT molecular complexity index is 1280. The fraction of sp³-hybridized carbons (Fsp3) is 0.484. The Kier molecular flexibility index (Phi) is 8.24. The van der Waals surface area contributed by atoms with Crippen LogP contribution in [0.25, 0.3) is 10.9 Å². The molecule has 1 aromatic heterocycles. The van der Waals surface area contributed by atoms with Crippen molar-refractivity contribution in [2.45, 2.75) is 58.5 Å². The highest BCUT2D eigenvalue weighted by Gasteiger charge is 2.39. The molecule has 6 nitrogen and oxygen atoms in total. The maximum atomic E-state index is 13.6. The molecule has 202 valence electrons. The zero-order valence-electron chi connectivity index (χ0n) is 22.8. The predicted octanol–water partition coefficient (Wildman–Crippen LogP) is 6.57. The molecular weight excluding hydrogens is 540 g/mol. The molecule has 0 radical (unpaired) electrons. The molecule has 2 fully saturated rings. The van der Waals surface area contributed by atoms with Gasteiger partial charge in [0.05, 0.1) is 11.3 Å². The second kappa shape index (κ2) is 11.6. The van der Waals surface area contributed by atoms with Crippen LogP contribution in [0, 0.1) is 5.92 Å². The van der Waals surface area contributed by atoms with Crippen LogP contribution in [0.5, 0.6) is 0 Å². The molecule has 3 heterocycles. The van der Waals surface area contributed by atoms with E-state index >= 15 is 0 Å². The summed E-state index contributed by atoms with van der Waals surface area (Å²) in [6.45, 7) is 11.6. The zero-order valence-corrected chi connectivity index (χ0v) is 24.4. The van der Waals surface area contributed by atoms with Crippen LogP contribution in [0.15, 0.2) is 64.4 Å². The summed E-state index contributed by atoms with van der Waals surface area (Å²) in [5.41, 5.74) is 4.30. The molecule has 1 amide bonds. The van der Waals surface area contributed by atoms with Gasteiger partial charge in [-0.1, -0.05) is 51.4 Å². The van der Waals surface area contributed by atoms with Gasteiger partial charge in [0.25, 0.3) is 5.91 Å². The van der Waals surface area contributed by atoms with Gasteiger partial charge in [0, 0.05) is 52.7 Å². The summed E-state index contributed by atoms with van der Waals surface area (Å²) in [5.74, 6) is 0.556. The lowest BCUT2D eigenvalue weighted by Gasteiger charge is -2.49. The van der Waals surface area contributed by atoms with Gasteiger partial charge < -0.3 is 14.3 Å². The number of carbonyl (C=O) groups is 1. The summed E-state index contributed by atoms with van der Waals surface area (Å²) >= 11 is 3.54. The number of fused-ring (bicyclic) bond motifs is 1. The van der Waals surface area contributed by atoms with E-state index in [4.69, 9.17) is 4.84 Å². The average Bonchev–Trinajstić information content (AvgIpc) is 3.33. The van der Waals surface area contributed by atoms with Crippen LogP contribution in [-0.2, 0) is 11.4 Å². The van der Waals surface area contributed by atoms with Gasteiger partial charge in [0.15, 0.2) is 0 Å². The van der Waals surface area contributed by atoms with Crippen molar-refractivity contribution in [2.24, 2.45) is 11.1 Å². The summed E-state index contributed by atoms with van der Waals surface area (Å²) in [4.78, 5) is 23.8. The first kappa shape index (κ1) is 26.9. The molecule has 2 aliphatic heterocycles. The number of benzene rings is 2. The van der Waals surface area contributed by atoms with E-state index < -0.39 is 0 Å². The van der Waals surface area contributed by atoms with E-state index in [0.717, 1.165) is 90.6 Å². The van der Waals surface area contributed by atoms with Crippen LogP contribution in [0.4, 0.5) is 0 Å². The number of amides is 1. The second-order valence-electron chi connectivity index (χ2n) is 10.8. The van der Waals surface area contributed by atoms with Gasteiger partial charge >= 0.3 is 0 Å². The molecule has 2 aliphatic rings. The van der Waals surface area contributed by atoms with E-state index in [1.54, 1.807) is 0 Å². The molecule has 5 rings (SSSR count). The third-order valence-corrected chi connectivity index (χ3v) is 9.09. The maximum Gasteiger partial charge on any atom is 0.256 e. The fourth-order valence-corrected chi connectivity index (χ4v) is 6.43. The van der Waals surface area contributed by atoms with E-state index in [0.29, 0.717) is 12.5 Å². The standard InChI is InChI=1S/C31H39BrN4O2/c1-4-34-22-27(26-8-6-7-9-28(26)34)30(37)35-20-16-31(3,17-21-35)36-18-14-24(15-19-36)29(33-38-5-2)23-10-12-25(32)13-11-23/h6-13,22,24H,4-5,14-21H2,1-3H3. The second-order valence-corrected chi connectivity index (χ2v) is 11.7. The maximum absolute atomic E-state index is 13.6. The highest BCUT2D eigenvalue weighted by molar-refractivity contribution is 9.10. The molecule has 0 unspecified atom stereocenters. The minimum atomic E-state index is 0.119. The molecule has 3 aromatic rings. The number of piperidine rings is 2. The predicted molar refractivity (Wildman–Crippen MR) is 158 cm³/mol. The number of rotatable bonds is 7. The van der Waals surface area contributed by atoms with E-state index in [9.17, 15) is 4.79 Å². The molecule has 2 aromatic carbocycles. The van der Waals surface area contributed by atoms with Crippen molar-refractivity contribution in [3.05, 3.63) is 70.3 Å². The van der Waals surface area contributed by atoms with E-state index in [2.05, 4.69) is 85.7 Å². The van der Waals surface area contributed by atoms with Crippen molar-refractivity contribution < 1.29 is 9.63 Å². The van der Waals surface area contributed by atoms with E-state index in [-0.39, 0.29) is 11.4 Å². The van der Waals surface area contributed by atoms with Crippen molar-refractivity contribution in [1.82, 2.24) is 14.4 Å². The Morgan fingerprint density at radius 2 is 1.71 bits per heavy atom. The first-order valence-corrected chi connectivity index (χ1v) is 14.8. The van der Waals surface area contributed by atoms with Gasteiger partial charge in [0.2, 0.25) is 0 Å². The lowest BCUT2D eigenvalue weighted by molar-refractivity contribution is 0.0162. The third kappa shape index (κ3) is 5.41. The number of para-hydroxylation sites is 1. The number of aromatic nitrogens is 1. The SMILES string of the molecule is CCON=C(c1ccc(Br)cc1)C1CCN(C2(C)CCN(C(=O)c3cn(CC)c4ccccc34)CC2)CC1. The molecule has 0 aliphatic carbocycles.